The van der Waals surface area contributed by atoms with Gasteiger partial charge in [0.25, 0.3) is 5.91 Å². The normalized spacial score (nSPS) is 14.4. The second kappa shape index (κ2) is 9.80. The van der Waals surface area contributed by atoms with Crippen LogP contribution >= 0.6 is 23.2 Å². The lowest BCUT2D eigenvalue weighted by molar-refractivity contribution is -0.114. The van der Waals surface area contributed by atoms with E-state index in [1.165, 1.54) is 19.3 Å². The number of carbonyl (C=O) groups excluding carboxylic acids is 2. The lowest BCUT2D eigenvalue weighted by Gasteiger charge is -2.22. The van der Waals surface area contributed by atoms with Crippen LogP contribution in [0.25, 0.3) is 0 Å². The van der Waals surface area contributed by atoms with Crippen LogP contribution in [0.5, 0.6) is 0 Å². The molecule has 5 nitrogen and oxygen atoms in total. The van der Waals surface area contributed by atoms with Gasteiger partial charge in [-0.05, 0) is 55.3 Å². The number of amides is 2. The summed E-state index contributed by atoms with van der Waals surface area (Å²) in [6, 6.07) is 12.2. The summed E-state index contributed by atoms with van der Waals surface area (Å²) in [4.78, 5) is 24.4. The highest BCUT2D eigenvalue weighted by atomic mass is 35.5. The zero-order chi connectivity index (χ0) is 19.9. The second-order valence-corrected chi connectivity index (χ2v) is 7.76. The van der Waals surface area contributed by atoms with Crippen LogP contribution < -0.4 is 16.0 Å². The fourth-order valence-electron chi connectivity index (χ4n) is 3.23. The van der Waals surface area contributed by atoms with Crippen molar-refractivity contribution in [1.29, 1.82) is 0 Å². The van der Waals surface area contributed by atoms with Gasteiger partial charge in [0.15, 0.2) is 0 Å². The van der Waals surface area contributed by atoms with Crippen molar-refractivity contribution in [2.45, 2.75) is 38.1 Å². The molecule has 0 aliphatic heterocycles. The van der Waals surface area contributed by atoms with Crippen molar-refractivity contribution in [3.8, 4) is 0 Å². The van der Waals surface area contributed by atoms with Crippen LogP contribution in [-0.2, 0) is 4.79 Å². The van der Waals surface area contributed by atoms with Crippen LogP contribution in [0.1, 0.15) is 42.5 Å². The van der Waals surface area contributed by atoms with Crippen LogP contribution in [0.15, 0.2) is 42.5 Å². The Morgan fingerprint density at radius 2 is 1.68 bits per heavy atom. The Morgan fingerprint density at radius 1 is 0.964 bits per heavy atom. The quantitative estimate of drug-likeness (QED) is 0.609. The van der Waals surface area contributed by atoms with Crippen LogP contribution in [0.4, 0.5) is 11.4 Å². The summed E-state index contributed by atoms with van der Waals surface area (Å²) >= 11 is 12.0. The summed E-state index contributed by atoms with van der Waals surface area (Å²) in [5, 5.41) is 9.75. The molecule has 1 fully saturated rings. The summed E-state index contributed by atoms with van der Waals surface area (Å²) in [5.41, 5.74) is 1.84. The first-order chi connectivity index (χ1) is 13.5. The Labute approximate surface area is 174 Å². The van der Waals surface area contributed by atoms with E-state index in [4.69, 9.17) is 23.2 Å². The van der Waals surface area contributed by atoms with Gasteiger partial charge in [0, 0.05) is 22.3 Å². The van der Waals surface area contributed by atoms with Crippen molar-refractivity contribution in [1.82, 2.24) is 5.32 Å². The summed E-state index contributed by atoms with van der Waals surface area (Å²) < 4.78 is 0. The fourth-order valence-corrected chi connectivity index (χ4v) is 3.56. The standard InChI is InChI=1S/C21H23Cl2N3O2/c22-15-8-11-18(23)19(12-15)26-20(27)13-24-16-9-6-14(7-10-16)21(28)25-17-4-2-1-3-5-17/h6-12,17,24H,1-5,13H2,(H,25,28)(H,26,27). The second-order valence-electron chi connectivity index (χ2n) is 6.91. The van der Waals surface area contributed by atoms with E-state index in [2.05, 4.69) is 16.0 Å². The maximum absolute atomic E-state index is 12.3. The van der Waals surface area contributed by atoms with E-state index in [9.17, 15) is 9.59 Å². The van der Waals surface area contributed by atoms with E-state index in [1.54, 1.807) is 42.5 Å². The minimum absolute atomic E-state index is 0.0493. The van der Waals surface area contributed by atoms with E-state index >= 15 is 0 Å². The molecule has 0 unspecified atom stereocenters. The topological polar surface area (TPSA) is 70.2 Å². The van der Waals surface area contributed by atoms with Gasteiger partial charge in [-0.3, -0.25) is 9.59 Å². The zero-order valence-corrected chi connectivity index (χ0v) is 16.9. The molecule has 0 saturated heterocycles. The molecule has 0 aromatic heterocycles. The van der Waals surface area contributed by atoms with Crippen LogP contribution in [0.3, 0.4) is 0 Å². The van der Waals surface area contributed by atoms with Gasteiger partial charge in [0.2, 0.25) is 5.91 Å². The van der Waals surface area contributed by atoms with Crippen molar-refractivity contribution in [2.75, 3.05) is 17.2 Å². The van der Waals surface area contributed by atoms with E-state index in [1.807, 2.05) is 0 Å². The van der Waals surface area contributed by atoms with E-state index in [-0.39, 0.29) is 24.4 Å². The Kier molecular flexibility index (Phi) is 7.18. The van der Waals surface area contributed by atoms with Gasteiger partial charge >= 0.3 is 0 Å². The third-order valence-electron chi connectivity index (χ3n) is 4.74. The Bertz CT molecular complexity index is 834. The molecular formula is C21H23Cl2N3O2. The molecule has 0 radical (unpaired) electrons. The van der Waals surface area contributed by atoms with Gasteiger partial charge < -0.3 is 16.0 Å². The Morgan fingerprint density at radius 3 is 2.39 bits per heavy atom. The maximum Gasteiger partial charge on any atom is 0.251 e. The Balaban J connectivity index is 1.49. The van der Waals surface area contributed by atoms with Crippen LogP contribution in [0, 0.1) is 0 Å². The molecule has 0 bridgehead atoms. The lowest BCUT2D eigenvalue weighted by Crippen LogP contribution is -2.36. The molecule has 0 atom stereocenters. The van der Waals surface area contributed by atoms with E-state index < -0.39 is 0 Å². The van der Waals surface area contributed by atoms with Crippen molar-refractivity contribution in [3.05, 3.63) is 58.1 Å². The summed E-state index contributed by atoms with van der Waals surface area (Å²) in [6.07, 6.45) is 5.71. The van der Waals surface area contributed by atoms with Crippen LogP contribution in [0.2, 0.25) is 10.0 Å². The molecule has 1 saturated carbocycles. The number of carbonyl (C=O) groups is 2. The number of hydrogen-bond donors (Lipinski definition) is 3. The number of anilines is 2. The molecule has 0 spiro atoms. The molecule has 7 heteroatoms. The predicted molar refractivity (Wildman–Crippen MR) is 114 cm³/mol. The fraction of sp³-hybridized carbons (Fsp3) is 0.333. The molecular weight excluding hydrogens is 397 g/mol. The highest BCUT2D eigenvalue weighted by Gasteiger charge is 2.16. The summed E-state index contributed by atoms with van der Waals surface area (Å²) in [7, 11) is 0. The third-order valence-corrected chi connectivity index (χ3v) is 5.31. The van der Waals surface area contributed by atoms with Crippen molar-refractivity contribution >= 4 is 46.4 Å². The smallest absolute Gasteiger partial charge is 0.251 e. The van der Waals surface area contributed by atoms with Gasteiger partial charge in [-0.2, -0.15) is 0 Å². The van der Waals surface area contributed by atoms with Crippen LogP contribution in [-0.4, -0.2) is 24.4 Å². The molecule has 1 aliphatic rings. The van der Waals surface area contributed by atoms with Gasteiger partial charge in [-0.1, -0.05) is 42.5 Å². The largest absolute Gasteiger partial charge is 0.376 e. The lowest BCUT2D eigenvalue weighted by atomic mass is 9.95. The molecule has 28 heavy (non-hydrogen) atoms. The minimum Gasteiger partial charge on any atom is -0.376 e. The van der Waals surface area contributed by atoms with Gasteiger partial charge in [-0.25, -0.2) is 0 Å². The maximum atomic E-state index is 12.3. The van der Waals surface area contributed by atoms with Crippen molar-refractivity contribution < 1.29 is 9.59 Å². The van der Waals surface area contributed by atoms with Crippen molar-refractivity contribution in [3.63, 3.8) is 0 Å². The third kappa shape index (κ3) is 5.88. The monoisotopic (exact) mass is 419 g/mol. The number of nitrogens with one attached hydrogen (secondary N) is 3. The van der Waals surface area contributed by atoms with E-state index in [0.717, 1.165) is 18.5 Å². The summed E-state index contributed by atoms with van der Waals surface area (Å²) in [6.45, 7) is 0.0659. The average molecular weight is 420 g/mol. The summed E-state index contributed by atoms with van der Waals surface area (Å²) in [5.74, 6) is -0.296. The number of hydrogen-bond acceptors (Lipinski definition) is 3. The molecule has 2 amide bonds. The van der Waals surface area contributed by atoms with Gasteiger partial charge in [0.05, 0.1) is 17.3 Å². The number of halogens is 2. The molecule has 1 aliphatic carbocycles. The first-order valence-corrected chi connectivity index (χ1v) is 10.2. The molecule has 3 rings (SSSR count). The minimum atomic E-state index is -0.247. The van der Waals surface area contributed by atoms with Crippen molar-refractivity contribution in [2.24, 2.45) is 0 Å². The zero-order valence-electron chi connectivity index (χ0n) is 15.4. The first-order valence-electron chi connectivity index (χ1n) is 9.41. The Hall–Kier alpha value is -2.24. The average Bonchev–Trinajstić information content (AvgIpc) is 2.70. The first kappa shape index (κ1) is 20.5. The highest BCUT2D eigenvalue weighted by Crippen LogP contribution is 2.25. The van der Waals surface area contributed by atoms with Gasteiger partial charge in [-0.15, -0.1) is 0 Å². The predicted octanol–water partition coefficient (Wildman–Crippen LogP) is 5.11. The number of rotatable bonds is 6. The van der Waals surface area contributed by atoms with E-state index in [0.29, 0.717) is 21.3 Å². The number of benzene rings is 2. The molecule has 0 heterocycles. The highest BCUT2D eigenvalue weighted by molar-refractivity contribution is 6.35. The molecule has 148 valence electrons. The SMILES string of the molecule is O=C(CNc1ccc(C(=O)NC2CCCCC2)cc1)Nc1cc(Cl)ccc1Cl. The van der Waals surface area contributed by atoms with Gasteiger partial charge in [0.1, 0.15) is 0 Å². The molecule has 2 aromatic rings. The molecule has 3 N–H and O–H groups in total. The molecule has 2 aromatic carbocycles.